The van der Waals surface area contributed by atoms with Crippen molar-refractivity contribution < 1.29 is 9.90 Å². The fraction of sp³-hybridized carbons (Fsp3) is 0.808. The molecule has 0 aromatic heterocycles. The smallest absolute Gasteiger partial charge is 0.303 e. The van der Waals surface area contributed by atoms with Crippen molar-refractivity contribution in [3.63, 3.8) is 0 Å². The Labute approximate surface area is 175 Å². The third-order valence-electron chi connectivity index (χ3n) is 5.09. The molecule has 2 nitrogen and oxygen atoms in total. The first kappa shape index (κ1) is 26.6. The van der Waals surface area contributed by atoms with E-state index in [1.165, 1.54) is 83.5 Å². The lowest BCUT2D eigenvalue weighted by Gasteiger charge is -2.01. The maximum atomic E-state index is 10.4. The van der Waals surface area contributed by atoms with Crippen LogP contribution in [0.2, 0.25) is 0 Å². The molecule has 0 aliphatic heterocycles. The summed E-state index contributed by atoms with van der Waals surface area (Å²) in [6.07, 6.45) is 23.8. The first-order chi connectivity index (χ1) is 13.8. The number of rotatable bonds is 19. The molecule has 0 saturated heterocycles. The molecule has 0 fully saturated rings. The molecule has 160 valence electrons. The second kappa shape index (κ2) is 23.6. The largest absolute Gasteiger partial charge is 0.481 e. The summed E-state index contributed by atoms with van der Waals surface area (Å²) in [7, 11) is 0. The minimum Gasteiger partial charge on any atom is -0.481 e. The second-order valence-corrected chi connectivity index (χ2v) is 7.90. The minimum absolute atomic E-state index is 0.309. The van der Waals surface area contributed by atoms with Crippen LogP contribution >= 0.6 is 0 Å². The number of carbonyl (C=O) groups is 1. The zero-order valence-electron chi connectivity index (χ0n) is 18.5. The predicted octanol–water partition coefficient (Wildman–Crippen LogP) is 7.90. The molecule has 0 atom stereocenters. The monoisotopic (exact) mass is 388 g/mol. The quantitative estimate of drug-likeness (QED) is 0.180. The van der Waals surface area contributed by atoms with E-state index >= 15 is 0 Å². The maximum absolute atomic E-state index is 10.4. The molecule has 0 saturated carbocycles. The first-order valence-corrected chi connectivity index (χ1v) is 11.9. The Morgan fingerprint density at radius 3 is 1.32 bits per heavy atom. The van der Waals surface area contributed by atoms with Crippen LogP contribution in [0.1, 0.15) is 135 Å². The molecule has 0 amide bonds. The van der Waals surface area contributed by atoms with Gasteiger partial charge in [0.2, 0.25) is 0 Å². The lowest BCUT2D eigenvalue weighted by molar-refractivity contribution is -0.137. The van der Waals surface area contributed by atoms with Gasteiger partial charge in [-0.2, -0.15) is 0 Å². The van der Waals surface area contributed by atoms with Crippen molar-refractivity contribution >= 4 is 5.97 Å². The molecule has 0 heterocycles. The molecular formula is C26H44O2. The number of carboxylic acid groups (broad SMARTS) is 1. The number of aliphatic carboxylic acids is 1. The number of carboxylic acids is 1. The van der Waals surface area contributed by atoms with Crippen LogP contribution in [0.4, 0.5) is 0 Å². The van der Waals surface area contributed by atoms with Crippen molar-refractivity contribution in [2.75, 3.05) is 0 Å². The van der Waals surface area contributed by atoms with E-state index in [1.807, 2.05) is 0 Å². The predicted molar refractivity (Wildman–Crippen MR) is 121 cm³/mol. The van der Waals surface area contributed by atoms with Gasteiger partial charge in [-0.25, -0.2) is 0 Å². The summed E-state index contributed by atoms with van der Waals surface area (Å²) in [4.78, 5) is 10.4. The molecule has 0 spiro atoms. The van der Waals surface area contributed by atoms with Crippen molar-refractivity contribution in [2.45, 2.75) is 135 Å². The summed E-state index contributed by atoms with van der Waals surface area (Å²) in [5, 5.41) is 8.56. The summed E-state index contributed by atoms with van der Waals surface area (Å²) in [5.74, 6) is 11.6. The van der Waals surface area contributed by atoms with E-state index in [0.717, 1.165) is 38.5 Å². The van der Waals surface area contributed by atoms with Crippen LogP contribution in [0, 0.1) is 23.7 Å². The third kappa shape index (κ3) is 24.6. The van der Waals surface area contributed by atoms with Gasteiger partial charge in [-0.05, 0) is 31.1 Å². The molecular weight excluding hydrogens is 344 g/mol. The average molecular weight is 389 g/mol. The van der Waals surface area contributed by atoms with Crippen LogP contribution in [0.15, 0.2) is 0 Å². The Morgan fingerprint density at radius 1 is 0.571 bits per heavy atom. The summed E-state index contributed by atoms with van der Waals surface area (Å²) >= 11 is 0. The average Bonchev–Trinajstić information content (AvgIpc) is 2.68. The molecule has 0 bridgehead atoms. The van der Waals surface area contributed by atoms with Crippen LogP contribution in [0.25, 0.3) is 0 Å². The van der Waals surface area contributed by atoms with Crippen LogP contribution in [0.3, 0.4) is 0 Å². The molecule has 28 heavy (non-hydrogen) atoms. The summed E-state index contributed by atoms with van der Waals surface area (Å²) in [6.45, 7) is 2.27. The van der Waals surface area contributed by atoms with Crippen LogP contribution in [-0.4, -0.2) is 11.1 Å². The molecule has 0 aliphatic rings. The van der Waals surface area contributed by atoms with E-state index in [9.17, 15) is 4.79 Å². The Balaban J connectivity index is 3.24. The van der Waals surface area contributed by atoms with Gasteiger partial charge in [0.05, 0.1) is 0 Å². The second-order valence-electron chi connectivity index (χ2n) is 7.90. The van der Waals surface area contributed by atoms with Gasteiger partial charge in [0.1, 0.15) is 0 Å². The van der Waals surface area contributed by atoms with Crippen molar-refractivity contribution in [3.8, 4) is 23.7 Å². The highest BCUT2D eigenvalue weighted by Crippen LogP contribution is 2.11. The van der Waals surface area contributed by atoms with Crippen molar-refractivity contribution in [3.05, 3.63) is 0 Å². The SMILES string of the molecule is CCCCCCCCCCCCCC#CC#CCCCCCCCCC(=O)O. The molecule has 0 unspecified atom stereocenters. The zero-order chi connectivity index (χ0) is 20.5. The normalized spacial score (nSPS) is 10.0. The third-order valence-corrected chi connectivity index (χ3v) is 5.09. The molecule has 0 aromatic rings. The zero-order valence-corrected chi connectivity index (χ0v) is 18.5. The van der Waals surface area contributed by atoms with Crippen LogP contribution < -0.4 is 0 Å². The Bertz CT molecular complexity index is 458. The highest BCUT2D eigenvalue weighted by molar-refractivity contribution is 5.66. The van der Waals surface area contributed by atoms with Crippen LogP contribution in [0.5, 0.6) is 0 Å². The summed E-state index contributed by atoms with van der Waals surface area (Å²) in [5.41, 5.74) is 0. The van der Waals surface area contributed by atoms with E-state index in [0.29, 0.717) is 6.42 Å². The lowest BCUT2D eigenvalue weighted by atomic mass is 10.1. The number of hydrogen-bond acceptors (Lipinski definition) is 1. The van der Waals surface area contributed by atoms with Crippen molar-refractivity contribution in [1.29, 1.82) is 0 Å². The Hall–Kier alpha value is -1.41. The standard InChI is InChI=1S/C26H44O2/c1-2-3-4-5-6-7-8-9-10-11-12-13-14-15-16-17-18-19-20-21-22-23-24-25-26(27)28/h2-13,18-25H2,1H3,(H,27,28). The van der Waals surface area contributed by atoms with E-state index in [1.54, 1.807) is 0 Å². The molecule has 0 aliphatic carbocycles. The Kier molecular flexibility index (Phi) is 22.4. The van der Waals surface area contributed by atoms with Gasteiger partial charge in [0.25, 0.3) is 0 Å². The minimum atomic E-state index is -0.681. The first-order valence-electron chi connectivity index (χ1n) is 11.9. The number of hydrogen-bond donors (Lipinski definition) is 1. The molecule has 2 heteroatoms. The van der Waals surface area contributed by atoms with Crippen molar-refractivity contribution in [2.24, 2.45) is 0 Å². The maximum Gasteiger partial charge on any atom is 0.303 e. The van der Waals surface area contributed by atoms with Gasteiger partial charge in [0.15, 0.2) is 0 Å². The fourth-order valence-electron chi connectivity index (χ4n) is 3.29. The van der Waals surface area contributed by atoms with E-state index in [2.05, 4.69) is 30.6 Å². The summed E-state index contributed by atoms with van der Waals surface area (Å²) in [6, 6.07) is 0. The van der Waals surface area contributed by atoms with E-state index in [4.69, 9.17) is 5.11 Å². The highest BCUT2D eigenvalue weighted by atomic mass is 16.4. The van der Waals surface area contributed by atoms with E-state index in [-0.39, 0.29) is 0 Å². The van der Waals surface area contributed by atoms with Gasteiger partial charge < -0.3 is 5.11 Å². The molecule has 0 aromatic carbocycles. The van der Waals surface area contributed by atoms with Gasteiger partial charge in [-0.1, -0.05) is 109 Å². The van der Waals surface area contributed by atoms with Gasteiger partial charge in [-0.3, -0.25) is 4.79 Å². The van der Waals surface area contributed by atoms with E-state index < -0.39 is 5.97 Å². The summed E-state index contributed by atoms with van der Waals surface area (Å²) < 4.78 is 0. The molecule has 0 rings (SSSR count). The van der Waals surface area contributed by atoms with Crippen LogP contribution in [-0.2, 0) is 4.79 Å². The molecule has 0 radical (unpaired) electrons. The topological polar surface area (TPSA) is 37.3 Å². The lowest BCUT2D eigenvalue weighted by Crippen LogP contribution is -1.93. The van der Waals surface area contributed by atoms with Crippen molar-refractivity contribution in [1.82, 2.24) is 0 Å². The number of unbranched alkanes of at least 4 members (excludes halogenated alkanes) is 17. The Morgan fingerprint density at radius 2 is 0.929 bits per heavy atom. The van der Waals surface area contributed by atoms with Gasteiger partial charge >= 0.3 is 5.97 Å². The van der Waals surface area contributed by atoms with Gasteiger partial charge in [0, 0.05) is 19.3 Å². The molecule has 1 N–H and O–H groups in total. The fourth-order valence-corrected chi connectivity index (χ4v) is 3.29. The van der Waals surface area contributed by atoms with Gasteiger partial charge in [-0.15, -0.1) is 0 Å². The highest BCUT2D eigenvalue weighted by Gasteiger charge is 1.96.